The van der Waals surface area contributed by atoms with E-state index < -0.39 is 5.97 Å². The van der Waals surface area contributed by atoms with E-state index in [0.29, 0.717) is 22.3 Å². The van der Waals surface area contributed by atoms with Gasteiger partial charge >= 0.3 is 5.97 Å². The molecular formula is C15H17NO4. The van der Waals surface area contributed by atoms with Crippen molar-refractivity contribution in [2.75, 3.05) is 7.11 Å². The quantitative estimate of drug-likeness (QED) is 0.929. The number of rotatable bonds is 4. The monoisotopic (exact) mass is 275 g/mol. The number of aliphatic carboxylic acids is 1. The SMILES string of the molecule is COc1ccc2c(=O)cc(CC(=O)O)n(C(C)C)c2c1. The molecule has 0 bridgehead atoms. The fourth-order valence-electron chi connectivity index (χ4n) is 2.40. The molecule has 0 aliphatic carbocycles. The first-order valence-corrected chi connectivity index (χ1v) is 6.38. The van der Waals surface area contributed by atoms with E-state index in [0.717, 1.165) is 0 Å². The van der Waals surface area contributed by atoms with Crippen LogP contribution < -0.4 is 10.2 Å². The number of fused-ring (bicyclic) bond motifs is 1. The summed E-state index contributed by atoms with van der Waals surface area (Å²) in [6, 6.07) is 6.65. The summed E-state index contributed by atoms with van der Waals surface area (Å²) in [5.41, 5.74) is 1.03. The molecule has 1 aromatic heterocycles. The minimum Gasteiger partial charge on any atom is -0.497 e. The number of hydrogen-bond donors (Lipinski definition) is 1. The van der Waals surface area contributed by atoms with E-state index >= 15 is 0 Å². The minimum absolute atomic E-state index is 0.0413. The van der Waals surface area contributed by atoms with Crippen LogP contribution in [0.5, 0.6) is 5.75 Å². The first-order chi connectivity index (χ1) is 9.43. The third-order valence-electron chi connectivity index (χ3n) is 3.19. The second-order valence-corrected chi connectivity index (χ2v) is 4.92. The number of aromatic nitrogens is 1. The number of nitrogens with zero attached hydrogens (tertiary/aromatic N) is 1. The number of carboxylic acids is 1. The van der Waals surface area contributed by atoms with Crippen LogP contribution >= 0.6 is 0 Å². The van der Waals surface area contributed by atoms with Gasteiger partial charge in [0.15, 0.2) is 5.43 Å². The van der Waals surface area contributed by atoms with Crippen molar-refractivity contribution in [3.63, 3.8) is 0 Å². The van der Waals surface area contributed by atoms with Gasteiger partial charge in [-0.05, 0) is 26.0 Å². The van der Waals surface area contributed by atoms with Crippen molar-refractivity contribution >= 4 is 16.9 Å². The molecule has 0 saturated carbocycles. The van der Waals surface area contributed by atoms with Gasteiger partial charge in [0, 0.05) is 29.3 Å². The van der Waals surface area contributed by atoms with Crippen LogP contribution in [-0.4, -0.2) is 22.8 Å². The molecule has 5 nitrogen and oxygen atoms in total. The summed E-state index contributed by atoms with van der Waals surface area (Å²) in [5.74, 6) is -0.320. The van der Waals surface area contributed by atoms with E-state index in [9.17, 15) is 9.59 Å². The van der Waals surface area contributed by atoms with Crippen LogP contribution in [0.25, 0.3) is 10.9 Å². The Morgan fingerprint density at radius 3 is 2.60 bits per heavy atom. The Labute approximate surface area is 116 Å². The molecule has 0 spiro atoms. The molecular weight excluding hydrogens is 258 g/mol. The zero-order valence-electron chi connectivity index (χ0n) is 11.7. The van der Waals surface area contributed by atoms with Crippen LogP contribution in [0, 0.1) is 0 Å². The summed E-state index contributed by atoms with van der Waals surface area (Å²) in [6.45, 7) is 3.91. The molecule has 1 heterocycles. The lowest BCUT2D eigenvalue weighted by Crippen LogP contribution is -2.18. The highest BCUT2D eigenvalue weighted by Gasteiger charge is 2.14. The topological polar surface area (TPSA) is 68.5 Å². The predicted octanol–water partition coefficient (Wildman–Crippen LogP) is 2.22. The van der Waals surface area contributed by atoms with Crippen molar-refractivity contribution in [1.82, 2.24) is 4.57 Å². The summed E-state index contributed by atoms with van der Waals surface area (Å²) in [7, 11) is 1.56. The minimum atomic E-state index is -0.957. The summed E-state index contributed by atoms with van der Waals surface area (Å²) < 4.78 is 7.05. The molecule has 0 unspecified atom stereocenters. The summed E-state index contributed by atoms with van der Waals surface area (Å²) in [6.07, 6.45) is -0.180. The zero-order chi connectivity index (χ0) is 14.9. The first-order valence-electron chi connectivity index (χ1n) is 6.38. The lowest BCUT2D eigenvalue weighted by atomic mass is 10.1. The number of carbonyl (C=O) groups is 1. The van der Waals surface area contributed by atoms with Crippen LogP contribution in [0.1, 0.15) is 25.6 Å². The number of benzene rings is 1. The van der Waals surface area contributed by atoms with Gasteiger partial charge in [-0.15, -0.1) is 0 Å². The number of pyridine rings is 1. The van der Waals surface area contributed by atoms with Gasteiger partial charge in [-0.2, -0.15) is 0 Å². The Kier molecular flexibility index (Phi) is 3.79. The fourth-order valence-corrected chi connectivity index (χ4v) is 2.40. The molecule has 0 saturated heterocycles. The van der Waals surface area contributed by atoms with Crippen LogP contribution in [0.4, 0.5) is 0 Å². The average molecular weight is 275 g/mol. The normalized spacial score (nSPS) is 11.0. The lowest BCUT2D eigenvalue weighted by molar-refractivity contribution is -0.136. The lowest BCUT2D eigenvalue weighted by Gasteiger charge is -2.20. The molecule has 2 aromatic rings. The smallest absolute Gasteiger partial charge is 0.309 e. The Balaban J connectivity index is 2.84. The first kappa shape index (κ1) is 14.1. The van der Waals surface area contributed by atoms with Crippen molar-refractivity contribution < 1.29 is 14.6 Å². The van der Waals surface area contributed by atoms with E-state index in [1.165, 1.54) is 6.07 Å². The number of carboxylic acid groups (broad SMARTS) is 1. The van der Waals surface area contributed by atoms with Gasteiger partial charge in [-0.1, -0.05) is 0 Å². The van der Waals surface area contributed by atoms with Gasteiger partial charge in [-0.3, -0.25) is 9.59 Å². The molecule has 2 rings (SSSR count). The summed E-state index contributed by atoms with van der Waals surface area (Å²) in [4.78, 5) is 23.1. The Morgan fingerprint density at radius 1 is 1.35 bits per heavy atom. The van der Waals surface area contributed by atoms with Crippen molar-refractivity contribution in [3.05, 3.63) is 40.2 Å². The molecule has 106 valence electrons. The molecule has 0 aliphatic rings. The van der Waals surface area contributed by atoms with Gasteiger partial charge in [0.05, 0.1) is 19.0 Å². The van der Waals surface area contributed by atoms with Gasteiger partial charge in [-0.25, -0.2) is 0 Å². The maximum atomic E-state index is 12.1. The third-order valence-corrected chi connectivity index (χ3v) is 3.19. The molecule has 1 N–H and O–H groups in total. The Hall–Kier alpha value is -2.30. The predicted molar refractivity (Wildman–Crippen MR) is 76.5 cm³/mol. The molecule has 5 heteroatoms. The van der Waals surface area contributed by atoms with E-state index in [1.807, 2.05) is 18.4 Å². The van der Waals surface area contributed by atoms with Gasteiger partial charge in [0.25, 0.3) is 0 Å². The largest absolute Gasteiger partial charge is 0.497 e. The van der Waals surface area contributed by atoms with E-state index in [1.54, 1.807) is 25.3 Å². The fraction of sp³-hybridized carbons (Fsp3) is 0.333. The van der Waals surface area contributed by atoms with Crippen LogP contribution in [0.3, 0.4) is 0 Å². The van der Waals surface area contributed by atoms with E-state index in [-0.39, 0.29) is 17.9 Å². The third kappa shape index (κ3) is 2.52. The summed E-state index contributed by atoms with van der Waals surface area (Å²) in [5, 5.41) is 9.56. The van der Waals surface area contributed by atoms with Gasteiger partial charge in [0.2, 0.25) is 0 Å². The highest BCUT2D eigenvalue weighted by Crippen LogP contribution is 2.23. The number of methoxy groups -OCH3 is 1. The van der Waals surface area contributed by atoms with Crippen LogP contribution in [-0.2, 0) is 11.2 Å². The van der Waals surface area contributed by atoms with Crippen molar-refractivity contribution in [2.45, 2.75) is 26.3 Å². The zero-order valence-corrected chi connectivity index (χ0v) is 11.7. The second-order valence-electron chi connectivity index (χ2n) is 4.92. The number of ether oxygens (including phenoxy) is 1. The van der Waals surface area contributed by atoms with Gasteiger partial charge in [0.1, 0.15) is 5.75 Å². The molecule has 1 aromatic carbocycles. The van der Waals surface area contributed by atoms with E-state index in [4.69, 9.17) is 9.84 Å². The molecule has 20 heavy (non-hydrogen) atoms. The molecule has 0 aliphatic heterocycles. The maximum absolute atomic E-state index is 12.1. The van der Waals surface area contributed by atoms with Crippen molar-refractivity contribution in [1.29, 1.82) is 0 Å². The van der Waals surface area contributed by atoms with Crippen LogP contribution in [0.15, 0.2) is 29.1 Å². The van der Waals surface area contributed by atoms with Crippen molar-refractivity contribution in [2.24, 2.45) is 0 Å². The van der Waals surface area contributed by atoms with Crippen molar-refractivity contribution in [3.8, 4) is 5.75 Å². The highest BCUT2D eigenvalue weighted by atomic mass is 16.5. The van der Waals surface area contributed by atoms with Crippen LogP contribution in [0.2, 0.25) is 0 Å². The molecule has 0 fully saturated rings. The summed E-state index contributed by atoms with van der Waals surface area (Å²) >= 11 is 0. The Morgan fingerprint density at radius 2 is 2.05 bits per heavy atom. The molecule has 0 atom stereocenters. The maximum Gasteiger partial charge on any atom is 0.309 e. The molecule has 0 radical (unpaired) electrons. The Bertz CT molecular complexity index is 716. The second kappa shape index (κ2) is 5.36. The highest BCUT2D eigenvalue weighted by molar-refractivity contribution is 5.82. The number of hydrogen-bond acceptors (Lipinski definition) is 3. The molecule has 0 amide bonds. The average Bonchev–Trinajstić information content (AvgIpc) is 2.36. The standard InChI is InChI=1S/C15H17NO4/c1-9(2)16-10(7-15(18)19)6-14(17)12-5-4-11(20-3)8-13(12)16/h4-6,8-9H,7H2,1-3H3,(H,18,19). The van der Waals surface area contributed by atoms with Gasteiger partial charge < -0.3 is 14.4 Å². The van der Waals surface area contributed by atoms with E-state index in [2.05, 4.69) is 0 Å².